The quantitative estimate of drug-likeness (QED) is 0.567. The second-order valence-corrected chi connectivity index (χ2v) is 1.87. The third kappa shape index (κ3) is 1.24. The molecule has 0 N–H and O–H groups in total. The van der Waals surface area contributed by atoms with Gasteiger partial charge in [-0.15, -0.1) is 0 Å². The molecule has 47 valence electrons. The van der Waals surface area contributed by atoms with Crippen molar-refractivity contribution in [3.8, 4) is 6.07 Å². The van der Waals surface area contributed by atoms with Gasteiger partial charge in [0.1, 0.15) is 0 Å². The molecule has 0 aliphatic rings. The van der Waals surface area contributed by atoms with Gasteiger partial charge in [0, 0.05) is 0 Å². The molecule has 1 rings (SSSR count). The maximum absolute atomic E-state index is 8.45. The molecule has 0 unspecified atom stereocenters. The molecule has 0 aliphatic carbocycles. The van der Waals surface area contributed by atoms with Crippen LogP contribution in [0.2, 0.25) is 0 Å². The number of benzene rings is 1. The second-order valence-electron chi connectivity index (χ2n) is 1.87. The van der Waals surface area contributed by atoms with Crippen LogP contribution in [0, 0.1) is 17.4 Å². The Bertz CT molecular complexity index is 281. The summed E-state index contributed by atoms with van der Waals surface area (Å²) in [6, 6.07) is 10.1. The summed E-state index contributed by atoms with van der Waals surface area (Å²) in [5.74, 6) is 0. The number of hydrogen-bond donors (Lipinski definition) is 0. The molecular formula is C9H6N. The first kappa shape index (κ1) is 6.57. The van der Waals surface area contributed by atoms with E-state index in [1.165, 1.54) is 0 Å². The Balaban J connectivity index is 3.13. The molecule has 1 aromatic carbocycles. The van der Waals surface area contributed by atoms with Gasteiger partial charge in [-0.2, -0.15) is 5.26 Å². The van der Waals surface area contributed by atoms with Crippen LogP contribution in [-0.2, 0) is 0 Å². The van der Waals surface area contributed by atoms with Crippen molar-refractivity contribution in [2.75, 3.05) is 0 Å². The summed E-state index contributed by atoms with van der Waals surface area (Å²) in [5.41, 5.74) is 1.55. The van der Waals surface area contributed by atoms with Crippen molar-refractivity contribution < 1.29 is 0 Å². The Morgan fingerprint density at radius 1 is 1.60 bits per heavy atom. The van der Waals surface area contributed by atoms with Gasteiger partial charge in [-0.1, -0.05) is 12.7 Å². The fourth-order valence-corrected chi connectivity index (χ4v) is 0.673. The summed E-state index contributed by atoms with van der Waals surface area (Å²) < 4.78 is 0. The minimum atomic E-state index is 0.623. The summed E-state index contributed by atoms with van der Waals surface area (Å²) >= 11 is 0. The van der Waals surface area contributed by atoms with Gasteiger partial charge in [-0.25, -0.2) is 0 Å². The summed E-state index contributed by atoms with van der Waals surface area (Å²) in [7, 11) is 0. The van der Waals surface area contributed by atoms with Crippen molar-refractivity contribution in [1.82, 2.24) is 0 Å². The number of hydrogen-bond acceptors (Lipinski definition) is 1. The average molecular weight is 128 g/mol. The highest BCUT2D eigenvalue weighted by Crippen LogP contribution is 2.03. The Kier molecular flexibility index (Phi) is 1.86. The molecule has 1 nitrogen and oxygen atoms in total. The molecule has 1 heteroatoms. The molecule has 0 saturated carbocycles. The molecule has 0 spiro atoms. The van der Waals surface area contributed by atoms with Gasteiger partial charge in [-0.05, 0) is 29.8 Å². The lowest BCUT2D eigenvalue weighted by Gasteiger charge is -1.89. The van der Waals surface area contributed by atoms with Crippen LogP contribution in [0.5, 0.6) is 0 Å². The first-order chi connectivity index (χ1) is 4.86. The zero-order chi connectivity index (χ0) is 7.40. The minimum absolute atomic E-state index is 0.623. The van der Waals surface area contributed by atoms with E-state index in [4.69, 9.17) is 5.26 Å². The number of nitriles is 1. The molecule has 1 aromatic rings. The van der Waals surface area contributed by atoms with E-state index in [1.807, 2.05) is 6.07 Å². The lowest BCUT2D eigenvalue weighted by atomic mass is 10.1. The molecule has 10 heavy (non-hydrogen) atoms. The molecule has 0 aromatic heterocycles. The Morgan fingerprint density at radius 3 is 3.00 bits per heavy atom. The van der Waals surface area contributed by atoms with Crippen molar-refractivity contribution in [1.29, 1.82) is 5.26 Å². The van der Waals surface area contributed by atoms with E-state index < -0.39 is 0 Å². The summed E-state index contributed by atoms with van der Waals surface area (Å²) in [5, 5.41) is 8.45. The highest BCUT2D eigenvalue weighted by molar-refractivity contribution is 5.49. The first-order valence-electron chi connectivity index (χ1n) is 2.90. The fourth-order valence-electron chi connectivity index (χ4n) is 0.673. The van der Waals surface area contributed by atoms with E-state index in [0.717, 1.165) is 5.56 Å². The van der Waals surface area contributed by atoms with E-state index in [1.54, 1.807) is 24.3 Å². The Morgan fingerprint density at radius 2 is 2.40 bits per heavy atom. The van der Waals surface area contributed by atoms with Crippen molar-refractivity contribution in [2.24, 2.45) is 0 Å². The van der Waals surface area contributed by atoms with Crippen LogP contribution >= 0.6 is 0 Å². The molecule has 0 amide bonds. The highest BCUT2D eigenvalue weighted by Gasteiger charge is 1.88. The van der Waals surface area contributed by atoms with Crippen LogP contribution in [0.25, 0.3) is 6.08 Å². The van der Waals surface area contributed by atoms with Crippen molar-refractivity contribution in [2.45, 2.75) is 0 Å². The second kappa shape index (κ2) is 2.84. The fraction of sp³-hybridized carbons (Fsp3) is 0. The lowest BCUT2D eigenvalue weighted by molar-refractivity contribution is 1.48. The van der Waals surface area contributed by atoms with Crippen LogP contribution in [0.15, 0.2) is 24.8 Å². The lowest BCUT2D eigenvalue weighted by Crippen LogP contribution is -1.74. The molecule has 0 bridgehead atoms. The molecule has 0 saturated heterocycles. The predicted molar refractivity (Wildman–Crippen MR) is 40.1 cm³/mol. The third-order valence-electron chi connectivity index (χ3n) is 1.18. The Labute approximate surface area is 60.2 Å². The molecule has 0 fully saturated rings. The SMILES string of the molecule is C=Cc1c[c]cc(C#N)c1. The van der Waals surface area contributed by atoms with Crippen LogP contribution in [0.4, 0.5) is 0 Å². The van der Waals surface area contributed by atoms with E-state index in [9.17, 15) is 0 Å². The number of rotatable bonds is 1. The van der Waals surface area contributed by atoms with Gasteiger partial charge >= 0.3 is 0 Å². The largest absolute Gasteiger partial charge is 0.192 e. The number of nitrogens with zero attached hydrogens (tertiary/aromatic N) is 1. The summed E-state index contributed by atoms with van der Waals surface area (Å²) in [6.07, 6.45) is 1.69. The van der Waals surface area contributed by atoms with Crippen LogP contribution in [0.3, 0.4) is 0 Å². The van der Waals surface area contributed by atoms with E-state index in [-0.39, 0.29) is 0 Å². The average Bonchev–Trinajstić information content (AvgIpc) is 2.05. The standard InChI is InChI=1S/C9H6N/c1-2-8-4-3-5-9(6-8)7-10/h2,4-6H,1H2. The molecule has 0 aliphatic heterocycles. The molecule has 1 radical (unpaired) electrons. The summed E-state index contributed by atoms with van der Waals surface area (Å²) in [4.78, 5) is 0. The van der Waals surface area contributed by atoms with Gasteiger partial charge in [0.05, 0.1) is 11.6 Å². The summed E-state index contributed by atoms with van der Waals surface area (Å²) in [6.45, 7) is 3.58. The van der Waals surface area contributed by atoms with Crippen molar-refractivity contribution in [3.63, 3.8) is 0 Å². The smallest absolute Gasteiger partial charge is 0.0992 e. The van der Waals surface area contributed by atoms with E-state index in [0.29, 0.717) is 5.56 Å². The van der Waals surface area contributed by atoms with Gasteiger partial charge in [0.25, 0.3) is 0 Å². The molecule has 0 atom stereocenters. The van der Waals surface area contributed by atoms with E-state index >= 15 is 0 Å². The zero-order valence-corrected chi connectivity index (χ0v) is 5.46. The van der Waals surface area contributed by atoms with Gasteiger partial charge in [-0.3, -0.25) is 0 Å². The van der Waals surface area contributed by atoms with Crippen LogP contribution in [0.1, 0.15) is 11.1 Å². The Hall–Kier alpha value is -1.55. The molecule has 0 heterocycles. The topological polar surface area (TPSA) is 23.8 Å². The first-order valence-corrected chi connectivity index (χ1v) is 2.90. The third-order valence-corrected chi connectivity index (χ3v) is 1.18. The monoisotopic (exact) mass is 128 g/mol. The zero-order valence-electron chi connectivity index (χ0n) is 5.46. The maximum Gasteiger partial charge on any atom is 0.0992 e. The van der Waals surface area contributed by atoms with E-state index in [2.05, 4.69) is 12.6 Å². The minimum Gasteiger partial charge on any atom is -0.192 e. The van der Waals surface area contributed by atoms with Gasteiger partial charge < -0.3 is 0 Å². The van der Waals surface area contributed by atoms with Crippen molar-refractivity contribution >= 4 is 6.08 Å². The molecular weight excluding hydrogens is 122 g/mol. The van der Waals surface area contributed by atoms with Gasteiger partial charge in [0.15, 0.2) is 0 Å². The maximum atomic E-state index is 8.45. The normalized spacial score (nSPS) is 8.30. The van der Waals surface area contributed by atoms with Crippen LogP contribution in [-0.4, -0.2) is 0 Å². The predicted octanol–water partition coefficient (Wildman–Crippen LogP) is 2.00. The van der Waals surface area contributed by atoms with Gasteiger partial charge in [0.2, 0.25) is 0 Å². The highest BCUT2D eigenvalue weighted by atomic mass is 14.2. The van der Waals surface area contributed by atoms with Crippen LogP contribution < -0.4 is 0 Å². The van der Waals surface area contributed by atoms with Crippen molar-refractivity contribution in [3.05, 3.63) is 42.0 Å².